The summed E-state index contributed by atoms with van der Waals surface area (Å²) in [7, 11) is -3.03. The summed E-state index contributed by atoms with van der Waals surface area (Å²) >= 11 is 0. The average molecular weight is 420 g/mol. The molecule has 0 amide bonds. The third-order valence-electron chi connectivity index (χ3n) is 4.02. The molecule has 3 aromatic carbocycles. The van der Waals surface area contributed by atoms with Crippen LogP contribution >= 0.6 is 0 Å². The predicted octanol–water partition coefficient (Wildman–Crippen LogP) is 0.484. The summed E-state index contributed by atoms with van der Waals surface area (Å²) in [6.07, 6.45) is 0. The summed E-state index contributed by atoms with van der Waals surface area (Å²) in [6.45, 7) is 0. The van der Waals surface area contributed by atoms with E-state index in [1.165, 1.54) is 0 Å². The first-order valence-corrected chi connectivity index (χ1v) is 9.91. The first-order chi connectivity index (χ1) is 13.3. The zero-order valence-corrected chi connectivity index (χ0v) is 18.8. The quantitative estimate of drug-likeness (QED) is 0.249. The van der Waals surface area contributed by atoms with Gasteiger partial charge in [0.05, 0.1) is 7.11 Å². The largest absolute Gasteiger partial charge is 1.00 e. The van der Waals surface area contributed by atoms with Crippen molar-refractivity contribution in [2.45, 2.75) is 0 Å². The number of carbonyl (C=O) groups excluding carboxylic acids is 1. The van der Waals surface area contributed by atoms with Crippen LogP contribution < -0.4 is 39.0 Å². The third-order valence-corrected chi connectivity index (χ3v) is 4.61. The van der Waals surface area contributed by atoms with Crippen LogP contribution in [0.3, 0.4) is 0 Å². The molecule has 0 saturated heterocycles. The van der Waals surface area contributed by atoms with Crippen molar-refractivity contribution in [2.24, 2.45) is 0 Å². The minimum atomic E-state index is -4.66. The predicted molar refractivity (Wildman–Crippen MR) is 104 cm³/mol. The van der Waals surface area contributed by atoms with Crippen molar-refractivity contribution in [2.75, 3.05) is 12.9 Å². The van der Waals surface area contributed by atoms with Crippen molar-refractivity contribution in [1.82, 2.24) is 0 Å². The maximum atomic E-state index is 11.4. The average Bonchev–Trinajstić information content (AvgIpc) is 2.67. The van der Waals surface area contributed by atoms with E-state index in [1.54, 1.807) is 31.4 Å². The van der Waals surface area contributed by atoms with Crippen molar-refractivity contribution >= 4 is 16.1 Å². The van der Waals surface area contributed by atoms with E-state index in [1.807, 2.05) is 48.5 Å². The molecule has 0 aliphatic heterocycles. The molecule has 0 atom stereocenters. The fourth-order valence-electron chi connectivity index (χ4n) is 2.66. The van der Waals surface area contributed by atoms with Gasteiger partial charge in [-0.3, -0.25) is 4.79 Å². The molecule has 0 aromatic heterocycles. The second kappa shape index (κ2) is 10.0. The Hall–Kier alpha value is -2.16. The van der Waals surface area contributed by atoms with E-state index < -0.39 is 21.8 Å². The molecule has 0 saturated carbocycles. The molecule has 8 heteroatoms. The number of methoxy groups -OCH3 is 1. The molecule has 0 spiro atoms. The van der Waals surface area contributed by atoms with Gasteiger partial charge in [0.2, 0.25) is 0 Å². The number of benzene rings is 3. The number of rotatable bonds is 6. The summed E-state index contributed by atoms with van der Waals surface area (Å²) < 4.78 is 41.7. The minimum Gasteiger partial charge on any atom is -0.748 e. The number of hydrogen-bond acceptors (Lipinski definition) is 6. The molecule has 144 valence electrons. The fourth-order valence-corrected chi connectivity index (χ4v) is 3.01. The molecule has 0 aliphatic carbocycles. The van der Waals surface area contributed by atoms with Gasteiger partial charge in [-0.05, 0) is 46.5 Å². The third kappa shape index (κ3) is 6.69. The van der Waals surface area contributed by atoms with Crippen molar-refractivity contribution in [3.63, 3.8) is 0 Å². The first kappa shape index (κ1) is 23.1. The van der Waals surface area contributed by atoms with Crippen LogP contribution in [0, 0.1) is 0 Å². The number of hydrogen-bond donors (Lipinski definition) is 0. The summed E-state index contributed by atoms with van der Waals surface area (Å²) in [4.78, 5) is 11.4. The van der Waals surface area contributed by atoms with E-state index in [9.17, 15) is 17.8 Å². The van der Waals surface area contributed by atoms with Gasteiger partial charge in [0.25, 0.3) is 0 Å². The zero-order valence-electron chi connectivity index (χ0n) is 16.0. The second-order valence-corrected chi connectivity index (χ2v) is 7.41. The van der Waals surface area contributed by atoms with Crippen LogP contribution in [0.4, 0.5) is 0 Å². The SMILES string of the molecule is COc1ccc(-c2ccc(-c3ccc(OC(=O)CS(=O)(=O)[O-])cc3)cc2)cc1.[Na+]. The Kier molecular flexibility index (Phi) is 8.01. The maximum absolute atomic E-state index is 11.4. The van der Waals surface area contributed by atoms with Gasteiger partial charge in [-0.1, -0.05) is 48.5 Å². The van der Waals surface area contributed by atoms with Crippen molar-refractivity contribution in [3.8, 4) is 33.8 Å². The molecule has 0 bridgehead atoms. The van der Waals surface area contributed by atoms with Gasteiger partial charge in [-0.2, -0.15) is 0 Å². The molecule has 0 aliphatic rings. The molecule has 0 radical (unpaired) electrons. The summed E-state index contributed by atoms with van der Waals surface area (Å²) in [6, 6.07) is 22.3. The van der Waals surface area contributed by atoms with Gasteiger partial charge < -0.3 is 14.0 Å². The van der Waals surface area contributed by atoms with Crippen molar-refractivity contribution in [1.29, 1.82) is 0 Å². The molecule has 0 fully saturated rings. The van der Waals surface area contributed by atoms with Crippen molar-refractivity contribution < 1.29 is 56.8 Å². The standard InChI is InChI=1S/C21H18O6S.Na/c1-26-19-10-6-17(7-11-19)15-2-4-16(5-3-15)18-8-12-20(13-9-18)27-21(22)14-28(23,24)25;/h2-13H,14H2,1H3,(H,23,24,25);/q;+1/p-1. The molecule has 6 nitrogen and oxygen atoms in total. The second-order valence-electron chi connectivity index (χ2n) is 6.01. The number of carbonyl (C=O) groups is 1. The first-order valence-electron chi connectivity index (χ1n) is 8.33. The molecular formula is C21H17NaO6S. The molecule has 29 heavy (non-hydrogen) atoms. The van der Waals surface area contributed by atoms with E-state index in [4.69, 9.17) is 9.47 Å². The Balaban J connectivity index is 0.00000300. The van der Waals surface area contributed by atoms with Crippen LogP contribution in [-0.4, -0.2) is 31.8 Å². The normalized spacial score (nSPS) is 10.7. The van der Waals surface area contributed by atoms with Crippen LogP contribution in [0.1, 0.15) is 0 Å². The van der Waals surface area contributed by atoms with E-state index >= 15 is 0 Å². The molecule has 3 rings (SSSR count). The fraction of sp³-hybridized carbons (Fsp3) is 0.0952. The Labute approximate surface area is 191 Å². The van der Waals surface area contributed by atoms with Crippen LogP contribution in [0.25, 0.3) is 22.3 Å². The van der Waals surface area contributed by atoms with Gasteiger partial charge >= 0.3 is 35.5 Å². The monoisotopic (exact) mass is 420 g/mol. The maximum Gasteiger partial charge on any atom is 1.00 e. The van der Waals surface area contributed by atoms with Crippen molar-refractivity contribution in [3.05, 3.63) is 72.8 Å². The zero-order chi connectivity index (χ0) is 20.1. The van der Waals surface area contributed by atoms with Crippen LogP contribution in [0.5, 0.6) is 11.5 Å². The molecule has 0 N–H and O–H groups in total. The Morgan fingerprint density at radius 3 is 1.45 bits per heavy atom. The summed E-state index contributed by atoms with van der Waals surface area (Å²) in [5.74, 6) is -1.32. The number of esters is 1. The van der Waals surface area contributed by atoms with E-state index in [-0.39, 0.29) is 35.3 Å². The molecular weight excluding hydrogens is 403 g/mol. The van der Waals surface area contributed by atoms with E-state index in [2.05, 4.69) is 0 Å². The van der Waals surface area contributed by atoms with Gasteiger partial charge in [-0.25, -0.2) is 8.42 Å². The molecule has 0 unspecified atom stereocenters. The smallest absolute Gasteiger partial charge is 0.748 e. The van der Waals surface area contributed by atoms with E-state index in [0.29, 0.717) is 0 Å². The van der Waals surface area contributed by atoms with Gasteiger partial charge in [0.15, 0.2) is 0 Å². The van der Waals surface area contributed by atoms with Crippen LogP contribution in [0.2, 0.25) is 0 Å². The Morgan fingerprint density at radius 1 is 0.759 bits per heavy atom. The topological polar surface area (TPSA) is 92.7 Å². The van der Waals surface area contributed by atoms with Gasteiger partial charge in [-0.15, -0.1) is 0 Å². The van der Waals surface area contributed by atoms with Crippen LogP contribution in [-0.2, 0) is 14.9 Å². The summed E-state index contributed by atoms with van der Waals surface area (Å²) in [5.41, 5.74) is 4.01. The van der Waals surface area contributed by atoms with Gasteiger partial charge in [0, 0.05) is 0 Å². The molecule has 3 aromatic rings. The Morgan fingerprint density at radius 2 is 1.10 bits per heavy atom. The minimum absolute atomic E-state index is 0. The van der Waals surface area contributed by atoms with Gasteiger partial charge in [0.1, 0.15) is 27.4 Å². The summed E-state index contributed by atoms with van der Waals surface area (Å²) in [5, 5.41) is 0. The van der Waals surface area contributed by atoms with E-state index in [0.717, 1.165) is 28.0 Å². The van der Waals surface area contributed by atoms with Crippen LogP contribution in [0.15, 0.2) is 72.8 Å². The number of ether oxygens (including phenoxy) is 2. The molecule has 0 heterocycles. The Bertz CT molecular complexity index is 1060.